The zero-order chi connectivity index (χ0) is 41.2. The summed E-state index contributed by atoms with van der Waals surface area (Å²) in [6, 6.07) is 61.9. The monoisotopic (exact) mass is 784 g/mol. The molecule has 4 heteroatoms. The molecule has 5 heterocycles. The van der Waals surface area contributed by atoms with E-state index in [0.29, 0.717) is 0 Å². The second-order valence-corrected chi connectivity index (χ2v) is 19.0. The highest BCUT2D eigenvalue weighted by Gasteiger charge is 2.54. The number of anilines is 6. The molecule has 0 fully saturated rings. The SMILES string of the molecule is Cc1ccc2c(c1)C1(c3ccccc3N(c3ccccc3)c3ccccc31)c1cc(C)ccc1N2c1cc2c3c(c1)C(C)(C)c1cccc4c1B3c1c(cccc1C4(C)C)O2. The molecule has 0 unspecified atom stereocenters. The third-order valence-corrected chi connectivity index (χ3v) is 15.0. The predicted octanol–water partition coefficient (Wildman–Crippen LogP) is 12.2. The number of rotatable bonds is 2. The maximum atomic E-state index is 7.21. The van der Waals surface area contributed by atoms with Crippen LogP contribution >= 0.6 is 0 Å². The quantitative estimate of drug-likeness (QED) is 0.162. The lowest BCUT2D eigenvalue weighted by Gasteiger charge is -2.52. The average Bonchev–Trinajstić information content (AvgIpc) is 3.27. The number of nitrogens with zero attached hydrogens (tertiary/aromatic N) is 2. The van der Waals surface area contributed by atoms with Crippen LogP contribution in [0.3, 0.4) is 0 Å². The molecule has 8 aromatic carbocycles. The molecule has 0 amide bonds. The van der Waals surface area contributed by atoms with E-state index in [9.17, 15) is 0 Å². The van der Waals surface area contributed by atoms with Gasteiger partial charge in [-0.05, 0) is 118 Å². The lowest BCUT2D eigenvalue weighted by Crippen LogP contribution is -2.68. The first kappa shape index (κ1) is 35.0. The van der Waals surface area contributed by atoms with Crippen LogP contribution in [0.15, 0.2) is 164 Å². The van der Waals surface area contributed by atoms with Gasteiger partial charge in [0.05, 0.1) is 33.9 Å². The van der Waals surface area contributed by atoms with E-state index < -0.39 is 5.41 Å². The van der Waals surface area contributed by atoms with Gasteiger partial charge in [0.2, 0.25) is 0 Å². The summed E-state index contributed by atoms with van der Waals surface area (Å²) in [4.78, 5) is 5.00. The molecule has 3 nitrogen and oxygen atoms in total. The first-order chi connectivity index (χ1) is 29.6. The Bertz CT molecular complexity index is 3130. The van der Waals surface area contributed by atoms with Crippen LogP contribution in [0.25, 0.3) is 0 Å². The Morgan fingerprint density at radius 1 is 0.377 bits per heavy atom. The van der Waals surface area contributed by atoms with Crippen LogP contribution in [-0.2, 0) is 16.2 Å². The normalized spacial score (nSPS) is 16.8. The van der Waals surface area contributed by atoms with E-state index in [1.807, 2.05) is 0 Å². The molecule has 0 radical (unpaired) electrons. The van der Waals surface area contributed by atoms with Crippen LogP contribution < -0.4 is 30.9 Å². The summed E-state index contributed by atoms with van der Waals surface area (Å²) in [7, 11) is 0. The highest BCUT2D eigenvalue weighted by atomic mass is 16.5. The molecule has 0 aromatic heterocycles. The summed E-state index contributed by atoms with van der Waals surface area (Å²) >= 11 is 0. The summed E-state index contributed by atoms with van der Waals surface area (Å²) in [5.74, 6) is 1.94. The molecule has 0 saturated heterocycles. The van der Waals surface area contributed by atoms with E-state index in [2.05, 4.69) is 215 Å². The summed E-state index contributed by atoms with van der Waals surface area (Å²) in [5, 5.41) is 0. The summed E-state index contributed by atoms with van der Waals surface area (Å²) in [5.41, 5.74) is 23.3. The Labute approximate surface area is 359 Å². The zero-order valence-electron chi connectivity index (χ0n) is 35.5. The highest BCUT2D eigenvalue weighted by Crippen LogP contribution is 2.64. The minimum Gasteiger partial charge on any atom is -0.458 e. The van der Waals surface area contributed by atoms with Gasteiger partial charge in [0, 0.05) is 22.6 Å². The van der Waals surface area contributed by atoms with Crippen molar-refractivity contribution in [2.75, 3.05) is 9.80 Å². The lowest BCUT2D eigenvalue weighted by atomic mass is 9.26. The topological polar surface area (TPSA) is 15.7 Å². The molecule has 0 bridgehead atoms. The molecule has 0 aliphatic carbocycles. The van der Waals surface area contributed by atoms with Crippen molar-refractivity contribution in [1.29, 1.82) is 0 Å². The van der Waals surface area contributed by atoms with Gasteiger partial charge in [0.25, 0.3) is 6.71 Å². The maximum Gasteiger partial charge on any atom is 0.252 e. The van der Waals surface area contributed by atoms with Gasteiger partial charge in [-0.3, -0.25) is 0 Å². The number of fused-ring (bicyclic) bond motifs is 8. The third kappa shape index (κ3) is 4.25. The van der Waals surface area contributed by atoms with E-state index >= 15 is 0 Å². The number of hydrogen-bond acceptors (Lipinski definition) is 3. The molecule has 5 aliphatic rings. The molecule has 8 aromatic rings. The molecular formula is C57H45BN2O. The predicted molar refractivity (Wildman–Crippen MR) is 253 cm³/mol. The van der Waals surface area contributed by atoms with Gasteiger partial charge < -0.3 is 14.5 Å². The second-order valence-electron chi connectivity index (χ2n) is 19.0. The number of para-hydroxylation sites is 3. The molecule has 0 N–H and O–H groups in total. The van der Waals surface area contributed by atoms with Crippen LogP contribution in [0.4, 0.5) is 34.1 Å². The molecule has 61 heavy (non-hydrogen) atoms. The fraction of sp³-hybridized carbons (Fsp3) is 0.158. The molecular weight excluding hydrogens is 739 g/mol. The van der Waals surface area contributed by atoms with Gasteiger partial charge in [-0.2, -0.15) is 0 Å². The van der Waals surface area contributed by atoms with Gasteiger partial charge in [0.1, 0.15) is 11.5 Å². The summed E-state index contributed by atoms with van der Waals surface area (Å²) in [6.07, 6.45) is 0. The number of ether oxygens (including phenoxy) is 1. The van der Waals surface area contributed by atoms with Gasteiger partial charge in [-0.25, -0.2) is 0 Å². The summed E-state index contributed by atoms with van der Waals surface area (Å²) < 4.78 is 7.21. The Balaban J connectivity index is 1.11. The first-order valence-electron chi connectivity index (χ1n) is 21.8. The minimum atomic E-state index is -0.602. The maximum absolute atomic E-state index is 7.21. The number of benzene rings is 8. The standard InChI is InChI=1S/C57H45BN2O/c1-34-26-28-48-43(30-34)57(38-18-10-12-23-46(38)59(36-16-8-7-9-17-36)47-24-13-11-19-39(47)57)44-31-35(2)27-29-49(44)60(48)37-32-45-54-51(33-37)61-50-25-15-22-42-53(50)58(54)52-40(55(42,3)4)20-14-21-41(52)56(45,5)6/h7-33H,1-6H3. The largest absolute Gasteiger partial charge is 0.458 e. The second kappa shape index (κ2) is 11.7. The molecule has 13 rings (SSSR count). The van der Waals surface area contributed by atoms with Crippen LogP contribution in [-0.4, -0.2) is 6.71 Å². The van der Waals surface area contributed by atoms with Crippen LogP contribution in [0.2, 0.25) is 0 Å². The van der Waals surface area contributed by atoms with Crippen molar-refractivity contribution in [3.8, 4) is 11.5 Å². The van der Waals surface area contributed by atoms with Crippen molar-refractivity contribution in [3.05, 3.63) is 219 Å². The van der Waals surface area contributed by atoms with E-state index in [-0.39, 0.29) is 17.5 Å². The van der Waals surface area contributed by atoms with Crippen molar-refractivity contribution >= 4 is 57.2 Å². The van der Waals surface area contributed by atoms with Crippen molar-refractivity contribution in [2.24, 2.45) is 0 Å². The van der Waals surface area contributed by atoms with Crippen molar-refractivity contribution < 1.29 is 4.74 Å². The zero-order valence-corrected chi connectivity index (χ0v) is 35.5. The first-order valence-corrected chi connectivity index (χ1v) is 21.8. The van der Waals surface area contributed by atoms with Gasteiger partial charge in [0.15, 0.2) is 0 Å². The number of aryl methyl sites for hydroxylation is 2. The fourth-order valence-corrected chi connectivity index (χ4v) is 12.4. The Hall–Kier alpha value is -6.78. The average molecular weight is 785 g/mol. The van der Waals surface area contributed by atoms with Gasteiger partial charge >= 0.3 is 0 Å². The third-order valence-electron chi connectivity index (χ3n) is 15.0. The van der Waals surface area contributed by atoms with E-state index in [4.69, 9.17) is 4.74 Å². The Kier molecular flexibility index (Phi) is 6.74. The van der Waals surface area contributed by atoms with E-state index in [1.54, 1.807) is 0 Å². The smallest absolute Gasteiger partial charge is 0.252 e. The molecule has 1 spiro atoms. The summed E-state index contributed by atoms with van der Waals surface area (Å²) in [6.45, 7) is 14.2. The molecule has 5 aliphatic heterocycles. The van der Waals surface area contributed by atoms with Crippen LogP contribution in [0.1, 0.15) is 83.3 Å². The highest BCUT2D eigenvalue weighted by molar-refractivity contribution is 6.99. The lowest BCUT2D eigenvalue weighted by molar-refractivity contribution is 0.481. The fourth-order valence-electron chi connectivity index (χ4n) is 12.4. The minimum absolute atomic E-state index is 0.128. The van der Waals surface area contributed by atoms with Gasteiger partial charge in [-0.1, -0.05) is 153 Å². The van der Waals surface area contributed by atoms with E-state index in [1.165, 1.54) is 94.8 Å². The van der Waals surface area contributed by atoms with Gasteiger partial charge in [-0.15, -0.1) is 0 Å². The Morgan fingerprint density at radius 2 is 0.852 bits per heavy atom. The Morgan fingerprint density at radius 3 is 1.48 bits per heavy atom. The number of hydrogen-bond donors (Lipinski definition) is 0. The van der Waals surface area contributed by atoms with Crippen LogP contribution in [0, 0.1) is 13.8 Å². The molecule has 0 saturated carbocycles. The van der Waals surface area contributed by atoms with Crippen LogP contribution in [0.5, 0.6) is 11.5 Å². The molecule has 0 atom stereocenters. The van der Waals surface area contributed by atoms with Crippen molar-refractivity contribution in [2.45, 2.75) is 57.8 Å². The van der Waals surface area contributed by atoms with Crippen molar-refractivity contribution in [1.82, 2.24) is 0 Å². The van der Waals surface area contributed by atoms with E-state index in [0.717, 1.165) is 22.9 Å². The van der Waals surface area contributed by atoms with Crippen molar-refractivity contribution in [3.63, 3.8) is 0 Å². The molecule has 292 valence electrons.